The van der Waals surface area contributed by atoms with Crippen LogP contribution in [-0.2, 0) is 13.0 Å². The highest BCUT2D eigenvalue weighted by atomic mass is 16.5. The molecular weight excluding hydrogens is 426 g/mol. The van der Waals surface area contributed by atoms with Crippen LogP contribution in [0.25, 0.3) is 0 Å². The number of hydrogen-bond donors (Lipinski definition) is 1. The maximum atomic E-state index is 5.54. The van der Waals surface area contributed by atoms with Gasteiger partial charge in [-0.25, -0.2) is 0 Å². The lowest BCUT2D eigenvalue weighted by molar-refractivity contribution is 0.353. The van der Waals surface area contributed by atoms with E-state index in [1.807, 2.05) is 0 Å². The molecule has 0 atom stereocenters. The van der Waals surface area contributed by atoms with Crippen LogP contribution in [0.3, 0.4) is 0 Å². The number of hydrogen-bond acceptors (Lipinski definition) is 7. The number of benzene rings is 2. The van der Waals surface area contributed by atoms with Crippen molar-refractivity contribution in [1.29, 1.82) is 0 Å². The summed E-state index contributed by atoms with van der Waals surface area (Å²) in [6.07, 6.45) is 4.61. The van der Waals surface area contributed by atoms with Crippen molar-refractivity contribution in [1.82, 2.24) is 9.97 Å². The number of nitrogens with one attached hydrogen (secondary N) is 1. The zero-order valence-corrected chi connectivity index (χ0v) is 20.3. The second kappa shape index (κ2) is 9.79. The molecule has 0 spiro atoms. The van der Waals surface area contributed by atoms with Gasteiger partial charge in [0, 0.05) is 37.9 Å². The number of aromatic nitrogens is 2. The molecule has 178 valence electrons. The summed E-state index contributed by atoms with van der Waals surface area (Å²) in [6.45, 7) is 5.78. The maximum Gasteiger partial charge on any atom is 0.229 e. The Balaban J connectivity index is 1.47. The number of piperidine rings is 1. The van der Waals surface area contributed by atoms with E-state index in [-0.39, 0.29) is 0 Å². The fourth-order valence-electron chi connectivity index (χ4n) is 4.75. The number of ether oxygens (including phenoxy) is 2. The zero-order chi connectivity index (χ0) is 23.5. The molecule has 0 saturated carbocycles. The highest BCUT2D eigenvalue weighted by molar-refractivity contribution is 5.63. The van der Waals surface area contributed by atoms with Crippen molar-refractivity contribution in [2.24, 2.45) is 0 Å². The van der Waals surface area contributed by atoms with Crippen LogP contribution in [0.1, 0.15) is 36.0 Å². The first kappa shape index (κ1) is 22.3. The van der Waals surface area contributed by atoms with Crippen molar-refractivity contribution in [2.45, 2.75) is 39.2 Å². The minimum absolute atomic E-state index is 0.739. The lowest BCUT2D eigenvalue weighted by Crippen LogP contribution is -2.34. The molecule has 1 saturated heterocycles. The lowest BCUT2D eigenvalue weighted by Gasteiger charge is -2.32. The molecule has 0 aliphatic carbocycles. The van der Waals surface area contributed by atoms with Gasteiger partial charge >= 0.3 is 0 Å². The SMILES string of the molecule is COc1cc2c(cc1OC)CN(c1nc(Nc3ccc(C)cc3)cc(N3CCCCC3)n1)CC2. The van der Waals surface area contributed by atoms with Crippen LogP contribution >= 0.6 is 0 Å². The van der Waals surface area contributed by atoms with E-state index in [1.165, 1.54) is 36.0 Å². The first-order valence-electron chi connectivity index (χ1n) is 12.1. The van der Waals surface area contributed by atoms with Gasteiger partial charge in [-0.2, -0.15) is 9.97 Å². The number of rotatable bonds is 6. The van der Waals surface area contributed by atoms with Crippen molar-refractivity contribution in [3.8, 4) is 11.5 Å². The normalized spacial score (nSPS) is 15.6. The lowest BCUT2D eigenvalue weighted by atomic mass is 9.99. The second-order valence-electron chi connectivity index (χ2n) is 9.10. The van der Waals surface area contributed by atoms with E-state index in [2.05, 4.69) is 64.5 Å². The van der Waals surface area contributed by atoms with Crippen molar-refractivity contribution >= 4 is 23.3 Å². The molecular formula is C27H33N5O2. The number of aryl methyl sites for hydroxylation is 1. The summed E-state index contributed by atoms with van der Waals surface area (Å²) in [5, 5.41) is 3.50. The molecule has 7 nitrogen and oxygen atoms in total. The standard InChI is InChI=1S/C27H33N5O2/c1-19-7-9-22(10-8-19)28-25-17-26(31-12-5-4-6-13-31)30-27(29-25)32-14-11-20-15-23(33-2)24(34-3)16-21(20)18-32/h7-10,15-17H,4-6,11-14,18H2,1-3H3,(H,28,29,30). The van der Waals surface area contributed by atoms with Crippen LogP contribution in [0, 0.1) is 6.92 Å². The van der Waals surface area contributed by atoms with Crippen molar-refractivity contribution in [2.75, 3.05) is 49.0 Å². The van der Waals surface area contributed by atoms with E-state index in [4.69, 9.17) is 19.4 Å². The molecule has 0 unspecified atom stereocenters. The third-order valence-corrected chi connectivity index (χ3v) is 6.71. The van der Waals surface area contributed by atoms with Gasteiger partial charge in [-0.15, -0.1) is 0 Å². The Morgan fingerprint density at radius 2 is 1.50 bits per heavy atom. The Morgan fingerprint density at radius 1 is 0.794 bits per heavy atom. The number of nitrogens with zero attached hydrogens (tertiary/aromatic N) is 4. The van der Waals surface area contributed by atoms with E-state index in [1.54, 1.807) is 14.2 Å². The number of anilines is 4. The Morgan fingerprint density at radius 3 is 2.21 bits per heavy atom. The molecule has 1 N–H and O–H groups in total. The zero-order valence-electron chi connectivity index (χ0n) is 20.3. The smallest absolute Gasteiger partial charge is 0.229 e. The molecule has 34 heavy (non-hydrogen) atoms. The molecule has 5 rings (SSSR count). The quantitative estimate of drug-likeness (QED) is 0.550. The largest absolute Gasteiger partial charge is 0.493 e. The van der Waals surface area contributed by atoms with Crippen molar-refractivity contribution in [3.63, 3.8) is 0 Å². The molecule has 3 aromatic rings. The number of methoxy groups -OCH3 is 2. The van der Waals surface area contributed by atoms with Crippen LogP contribution in [0.5, 0.6) is 11.5 Å². The Labute approximate surface area is 201 Å². The Bertz CT molecular complexity index is 1140. The minimum atomic E-state index is 0.739. The van der Waals surface area contributed by atoms with E-state index < -0.39 is 0 Å². The van der Waals surface area contributed by atoms with Gasteiger partial charge in [-0.05, 0) is 68.0 Å². The molecule has 0 bridgehead atoms. The molecule has 0 amide bonds. The predicted molar refractivity (Wildman–Crippen MR) is 137 cm³/mol. The molecule has 2 aromatic carbocycles. The highest BCUT2D eigenvalue weighted by Crippen LogP contribution is 2.35. The van der Waals surface area contributed by atoms with Crippen LogP contribution < -0.4 is 24.6 Å². The summed E-state index contributed by atoms with van der Waals surface area (Å²) in [7, 11) is 3.36. The molecule has 0 radical (unpaired) electrons. The van der Waals surface area contributed by atoms with Crippen molar-refractivity contribution < 1.29 is 9.47 Å². The second-order valence-corrected chi connectivity index (χ2v) is 9.10. The Kier molecular flexibility index (Phi) is 6.43. The third kappa shape index (κ3) is 4.74. The fourth-order valence-corrected chi connectivity index (χ4v) is 4.75. The van der Waals surface area contributed by atoms with Gasteiger partial charge in [0.1, 0.15) is 11.6 Å². The van der Waals surface area contributed by atoms with E-state index in [9.17, 15) is 0 Å². The minimum Gasteiger partial charge on any atom is -0.493 e. The molecule has 2 aliphatic heterocycles. The van der Waals surface area contributed by atoms with Gasteiger partial charge in [0.2, 0.25) is 5.95 Å². The summed E-state index contributed by atoms with van der Waals surface area (Å²) in [6, 6.07) is 14.7. The fraction of sp³-hybridized carbons (Fsp3) is 0.407. The molecule has 7 heteroatoms. The van der Waals surface area contributed by atoms with Gasteiger partial charge in [0.25, 0.3) is 0 Å². The Hall–Kier alpha value is -3.48. The van der Waals surface area contributed by atoms with Crippen molar-refractivity contribution in [3.05, 3.63) is 59.2 Å². The monoisotopic (exact) mass is 459 g/mol. The van der Waals surface area contributed by atoms with Gasteiger partial charge < -0.3 is 24.6 Å². The number of fused-ring (bicyclic) bond motifs is 1. The summed E-state index contributed by atoms with van der Waals surface area (Å²) in [4.78, 5) is 14.6. The molecule has 1 aromatic heterocycles. The van der Waals surface area contributed by atoms with E-state index in [0.717, 1.165) is 67.4 Å². The summed E-state index contributed by atoms with van der Waals surface area (Å²) < 4.78 is 11.0. The first-order chi connectivity index (χ1) is 16.6. The third-order valence-electron chi connectivity index (χ3n) is 6.71. The first-order valence-corrected chi connectivity index (χ1v) is 12.1. The van der Waals surface area contributed by atoms with Crippen LogP contribution in [0.15, 0.2) is 42.5 Å². The topological polar surface area (TPSA) is 62.8 Å². The van der Waals surface area contributed by atoms with Crippen LogP contribution in [0.4, 0.5) is 23.3 Å². The van der Waals surface area contributed by atoms with Gasteiger partial charge in [-0.3, -0.25) is 0 Å². The van der Waals surface area contributed by atoms with Gasteiger partial charge in [-0.1, -0.05) is 17.7 Å². The predicted octanol–water partition coefficient (Wildman–Crippen LogP) is 5.10. The van der Waals surface area contributed by atoms with E-state index in [0.29, 0.717) is 0 Å². The average molecular weight is 460 g/mol. The molecule has 1 fully saturated rings. The molecule has 3 heterocycles. The van der Waals surface area contributed by atoms with Gasteiger partial charge in [0.05, 0.1) is 14.2 Å². The summed E-state index contributed by atoms with van der Waals surface area (Å²) in [5.41, 5.74) is 4.78. The summed E-state index contributed by atoms with van der Waals surface area (Å²) >= 11 is 0. The van der Waals surface area contributed by atoms with Crippen LogP contribution in [-0.4, -0.2) is 43.8 Å². The van der Waals surface area contributed by atoms with Crippen LogP contribution in [0.2, 0.25) is 0 Å². The molecule has 2 aliphatic rings. The van der Waals surface area contributed by atoms with E-state index >= 15 is 0 Å². The van der Waals surface area contributed by atoms with Gasteiger partial charge in [0.15, 0.2) is 11.5 Å². The maximum absolute atomic E-state index is 5.54. The summed E-state index contributed by atoms with van der Waals surface area (Å²) in [5.74, 6) is 4.12. The average Bonchev–Trinajstić information content (AvgIpc) is 2.89. The highest BCUT2D eigenvalue weighted by Gasteiger charge is 2.23.